The molecule has 6 nitrogen and oxygen atoms in total. The van der Waals surface area contributed by atoms with Crippen LogP contribution in [0.2, 0.25) is 5.02 Å². The number of benzene rings is 2. The Hall–Kier alpha value is -3.25. The van der Waals surface area contributed by atoms with Crippen LogP contribution >= 0.6 is 11.6 Å². The van der Waals surface area contributed by atoms with Crippen LogP contribution in [-0.4, -0.2) is 21.1 Å². The van der Waals surface area contributed by atoms with Gasteiger partial charge in [-0.3, -0.25) is 4.98 Å². The predicted molar refractivity (Wildman–Crippen MR) is 95.6 cm³/mol. The molecule has 2 aromatic heterocycles. The van der Waals surface area contributed by atoms with Gasteiger partial charge >= 0.3 is 5.97 Å². The van der Waals surface area contributed by atoms with Crippen molar-refractivity contribution in [3.8, 4) is 11.3 Å². The first-order valence-electron chi connectivity index (χ1n) is 7.79. The fraction of sp³-hybridized carbons (Fsp3) is 0.0526. The lowest BCUT2D eigenvalue weighted by molar-refractivity contribution is 0.0457. The molecule has 26 heavy (non-hydrogen) atoms. The first kappa shape index (κ1) is 16.2. The number of hydrogen-bond donors (Lipinski definition) is 0. The minimum atomic E-state index is -0.570. The molecule has 0 saturated carbocycles. The van der Waals surface area contributed by atoms with Crippen molar-refractivity contribution in [2.24, 2.45) is 0 Å². The van der Waals surface area contributed by atoms with Crippen molar-refractivity contribution in [1.29, 1.82) is 0 Å². The Kier molecular flexibility index (Phi) is 4.33. The highest BCUT2D eigenvalue weighted by Crippen LogP contribution is 2.22. The van der Waals surface area contributed by atoms with Crippen LogP contribution in [-0.2, 0) is 11.3 Å². The third-order valence-corrected chi connectivity index (χ3v) is 3.95. The monoisotopic (exact) mass is 365 g/mol. The third-order valence-electron chi connectivity index (χ3n) is 3.70. The summed E-state index contributed by atoms with van der Waals surface area (Å²) < 4.78 is 10.5. The van der Waals surface area contributed by atoms with E-state index in [-0.39, 0.29) is 12.3 Å². The Bertz CT molecular complexity index is 1080. The van der Waals surface area contributed by atoms with Crippen molar-refractivity contribution in [3.63, 3.8) is 0 Å². The molecule has 0 fully saturated rings. The summed E-state index contributed by atoms with van der Waals surface area (Å²) in [6.07, 6.45) is 1.40. The maximum absolute atomic E-state index is 12.2. The average Bonchev–Trinajstić information content (AvgIpc) is 3.15. The van der Waals surface area contributed by atoms with Crippen LogP contribution in [0.3, 0.4) is 0 Å². The molecule has 7 heteroatoms. The van der Waals surface area contributed by atoms with Crippen LogP contribution < -0.4 is 0 Å². The molecule has 0 unspecified atom stereocenters. The zero-order chi connectivity index (χ0) is 17.9. The van der Waals surface area contributed by atoms with E-state index in [0.29, 0.717) is 27.5 Å². The average molecular weight is 366 g/mol. The largest absolute Gasteiger partial charge is 0.454 e. The predicted octanol–water partition coefficient (Wildman–Crippen LogP) is 4.30. The van der Waals surface area contributed by atoms with Gasteiger partial charge in [-0.05, 0) is 36.4 Å². The summed E-state index contributed by atoms with van der Waals surface area (Å²) in [6, 6.07) is 16.2. The smallest absolute Gasteiger partial charge is 0.358 e. The first-order chi connectivity index (χ1) is 12.7. The van der Waals surface area contributed by atoms with E-state index in [0.717, 1.165) is 5.56 Å². The lowest BCUT2D eigenvalue weighted by atomic mass is 10.2. The summed E-state index contributed by atoms with van der Waals surface area (Å²) in [5, 5.41) is 4.55. The molecule has 128 valence electrons. The van der Waals surface area contributed by atoms with E-state index in [1.54, 1.807) is 24.3 Å². The quantitative estimate of drug-likeness (QED) is 0.502. The third kappa shape index (κ3) is 3.41. The number of hydrogen-bond acceptors (Lipinski definition) is 6. The highest BCUT2D eigenvalue weighted by atomic mass is 35.5. The molecule has 0 aliphatic rings. The van der Waals surface area contributed by atoms with E-state index in [1.807, 2.05) is 30.3 Å². The fourth-order valence-corrected chi connectivity index (χ4v) is 2.53. The molecule has 0 amide bonds. The second-order valence-corrected chi connectivity index (χ2v) is 5.95. The number of fused-ring (bicyclic) bond motifs is 1. The van der Waals surface area contributed by atoms with Crippen LogP contribution in [0.4, 0.5) is 0 Å². The van der Waals surface area contributed by atoms with Crippen LogP contribution in [0.25, 0.3) is 22.4 Å². The normalized spacial score (nSPS) is 10.8. The molecule has 4 aromatic rings. The molecule has 0 radical (unpaired) electrons. The van der Waals surface area contributed by atoms with E-state index in [1.165, 1.54) is 6.20 Å². The maximum atomic E-state index is 12.2. The van der Waals surface area contributed by atoms with Crippen molar-refractivity contribution >= 4 is 28.6 Å². The molecule has 4 rings (SSSR count). The molecular formula is C19H12ClN3O3. The first-order valence-corrected chi connectivity index (χ1v) is 8.17. The van der Waals surface area contributed by atoms with E-state index in [4.69, 9.17) is 20.9 Å². The highest BCUT2D eigenvalue weighted by molar-refractivity contribution is 6.30. The van der Waals surface area contributed by atoms with Gasteiger partial charge in [0.15, 0.2) is 11.5 Å². The van der Waals surface area contributed by atoms with Gasteiger partial charge in [0.05, 0.1) is 17.2 Å². The van der Waals surface area contributed by atoms with Gasteiger partial charge in [0.25, 0.3) is 0 Å². The summed E-state index contributed by atoms with van der Waals surface area (Å²) in [5.74, 6) is -0.00231. The van der Waals surface area contributed by atoms with Gasteiger partial charge in [0.1, 0.15) is 12.3 Å². The van der Waals surface area contributed by atoms with Crippen LogP contribution in [0.1, 0.15) is 16.2 Å². The van der Waals surface area contributed by atoms with E-state index >= 15 is 0 Å². The molecule has 0 aliphatic carbocycles. The number of rotatable bonds is 4. The highest BCUT2D eigenvalue weighted by Gasteiger charge is 2.13. The Balaban J connectivity index is 1.45. The summed E-state index contributed by atoms with van der Waals surface area (Å²) in [6.45, 7) is -0.0234. The lowest BCUT2D eigenvalue weighted by Gasteiger charge is -2.02. The van der Waals surface area contributed by atoms with Gasteiger partial charge in [-0.25, -0.2) is 9.78 Å². The number of carbonyl (C=O) groups excluding carboxylic acids is 1. The van der Waals surface area contributed by atoms with Crippen molar-refractivity contribution in [2.45, 2.75) is 6.61 Å². The summed E-state index contributed by atoms with van der Waals surface area (Å²) in [4.78, 5) is 20.6. The van der Waals surface area contributed by atoms with Crippen LogP contribution in [0.15, 0.2) is 65.3 Å². The minimum Gasteiger partial charge on any atom is -0.454 e. The van der Waals surface area contributed by atoms with Crippen molar-refractivity contribution < 1.29 is 14.1 Å². The molecule has 0 N–H and O–H groups in total. The standard InChI is InChI=1S/C19H12ClN3O3/c20-13-7-5-12(6-8-13)18-9-14(23-26-18)11-25-19(24)17-10-21-15-3-1-2-4-16(15)22-17/h1-10H,11H2. The SMILES string of the molecule is O=C(OCc1cc(-c2ccc(Cl)cc2)on1)c1cnc2ccccc2n1. The Labute approximate surface area is 153 Å². The molecule has 0 bridgehead atoms. The van der Waals surface area contributed by atoms with Crippen LogP contribution in [0.5, 0.6) is 0 Å². The summed E-state index contributed by atoms with van der Waals surface area (Å²) >= 11 is 5.87. The zero-order valence-corrected chi connectivity index (χ0v) is 14.2. The molecule has 0 saturated heterocycles. The number of aromatic nitrogens is 3. The lowest BCUT2D eigenvalue weighted by Crippen LogP contribution is -2.08. The van der Waals surface area contributed by atoms with Gasteiger partial charge < -0.3 is 9.26 Å². The van der Waals surface area contributed by atoms with E-state index < -0.39 is 5.97 Å². The minimum absolute atomic E-state index is 0.0234. The number of para-hydroxylation sites is 2. The number of carbonyl (C=O) groups is 1. The number of ether oxygens (including phenoxy) is 1. The molecule has 2 aromatic carbocycles. The van der Waals surface area contributed by atoms with Crippen molar-refractivity contribution in [1.82, 2.24) is 15.1 Å². The molecule has 0 spiro atoms. The summed E-state index contributed by atoms with van der Waals surface area (Å²) in [5.41, 5.74) is 2.82. The van der Waals surface area contributed by atoms with Crippen LogP contribution in [0, 0.1) is 0 Å². The van der Waals surface area contributed by atoms with Gasteiger partial charge in [0, 0.05) is 16.7 Å². The second kappa shape index (κ2) is 6.93. The van der Waals surface area contributed by atoms with Gasteiger partial charge in [-0.1, -0.05) is 28.9 Å². The van der Waals surface area contributed by atoms with Crippen molar-refractivity contribution in [3.05, 3.63) is 77.2 Å². The Morgan fingerprint density at radius 1 is 1.08 bits per heavy atom. The van der Waals surface area contributed by atoms with Gasteiger partial charge in [-0.15, -0.1) is 0 Å². The van der Waals surface area contributed by atoms with Gasteiger partial charge in [0.2, 0.25) is 0 Å². The van der Waals surface area contributed by atoms with Gasteiger partial charge in [-0.2, -0.15) is 0 Å². The topological polar surface area (TPSA) is 78.1 Å². The van der Waals surface area contributed by atoms with E-state index in [9.17, 15) is 4.79 Å². The molecule has 0 aliphatic heterocycles. The number of nitrogens with zero attached hydrogens (tertiary/aromatic N) is 3. The molecular weight excluding hydrogens is 354 g/mol. The Morgan fingerprint density at radius 2 is 1.85 bits per heavy atom. The number of esters is 1. The fourth-order valence-electron chi connectivity index (χ4n) is 2.40. The summed E-state index contributed by atoms with van der Waals surface area (Å²) in [7, 11) is 0. The van der Waals surface area contributed by atoms with Crippen molar-refractivity contribution in [2.75, 3.05) is 0 Å². The Morgan fingerprint density at radius 3 is 2.65 bits per heavy atom. The molecule has 0 atom stereocenters. The maximum Gasteiger partial charge on any atom is 0.358 e. The molecule has 2 heterocycles. The second-order valence-electron chi connectivity index (χ2n) is 5.51. The van der Waals surface area contributed by atoms with E-state index in [2.05, 4.69) is 15.1 Å². The zero-order valence-electron chi connectivity index (χ0n) is 13.4. The number of halogens is 1.